The first-order chi connectivity index (χ1) is 21.8. The molecule has 11 heteroatoms. The fraction of sp³-hybridized carbons (Fsp3) is 0.941. The number of phosphoric ester groups is 1. The lowest BCUT2D eigenvalue weighted by Gasteiger charge is -2.20. The molecular weight excluding hydrogens is 599 g/mol. The van der Waals surface area contributed by atoms with Gasteiger partial charge in [0.1, 0.15) is 12.2 Å². The summed E-state index contributed by atoms with van der Waals surface area (Å²) in [6, 6.07) is 0. The molecule has 0 aliphatic heterocycles. The predicted molar refractivity (Wildman–Crippen MR) is 178 cm³/mol. The average molecular weight is 667 g/mol. The molecule has 0 amide bonds. The number of unbranched alkanes of at least 4 members (excludes halogenated alkanes) is 20. The third-order valence-corrected chi connectivity index (χ3v) is 8.77. The van der Waals surface area contributed by atoms with Crippen LogP contribution in [0.25, 0.3) is 0 Å². The van der Waals surface area contributed by atoms with E-state index in [4.69, 9.17) is 18.5 Å². The maximum Gasteiger partial charge on any atom is 0.472 e. The van der Waals surface area contributed by atoms with Gasteiger partial charge in [-0.05, 0) is 12.8 Å². The highest BCUT2D eigenvalue weighted by atomic mass is 31.2. The van der Waals surface area contributed by atoms with Gasteiger partial charge in [0.05, 0.1) is 26.4 Å². The molecule has 0 saturated carbocycles. The number of ether oxygens (including phenoxy) is 2. The maximum atomic E-state index is 12.3. The van der Waals surface area contributed by atoms with E-state index in [2.05, 4.69) is 13.8 Å². The first-order valence-corrected chi connectivity index (χ1v) is 19.5. The molecule has 0 aromatic carbocycles. The van der Waals surface area contributed by atoms with E-state index in [0.717, 1.165) is 38.5 Å². The summed E-state index contributed by atoms with van der Waals surface area (Å²) in [4.78, 5) is 34.2. The highest BCUT2D eigenvalue weighted by Gasteiger charge is 2.27. The van der Waals surface area contributed by atoms with Crippen LogP contribution in [-0.2, 0) is 32.7 Å². The lowest BCUT2D eigenvalue weighted by Crippen LogP contribution is -2.28. The van der Waals surface area contributed by atoms with Crippen molar-refractivity contribution >= 4 is 19.8 Å². The van der Waals surface area contributed by atoms with Crippen LogP contribution in [0.1, 0.15) is 168 Å². The molecule has 2 unspecified atom stereocenters. The zero-order valence-corrected chi connectivity index (χ0v) is 29.5. The van der Waals surface area contributed by atoms with Crippen molar-refractivity contribution in [1.29, 1.82) is 0 Å². The minimum Gasteiger partial charge on any atom is -0.457 e. The zero-order valence-electron chi connectivity index (χ0n) is 28.6. The Kier molecular flexibility index (Phi) is 30.8. The summed E-state index contributed by atoms with van der Waals surface area (Å²) in [7, 11) is -4.61. The Bertz CT molecular complexity index is 680. The standard InChI is InChI=1S/C34H67O10P/c1-3-5-7-9-11-13-15-17-19-21-23-25-33(37)43-31(27-35)29-41-45(39,40)42-30-32(28-36)44-34(38)26-24-22-20-18-16-14-12-10-8-6-4-2/h31-32,35-36H,3-30H2,1-2H3,(H,39,40). The van der Waals surface area contributed by atoms with Gasteiger partial charge in [0.15, 0.2) is 0 Å². The molecule has 0 saturated heterocycles. The fourth-order valence-electron chi connectivity index (χ4n) is 5.00. The van der Waals surface area contributed by atoms with Crippen LogP contribution in [0.15, 0.2) is 0 Å². The Morgan fingerprint density at radius 1 is 0.511 bits per heavy atom. The maximum absolute atomic E-state index is 12.3. The van der Waals surface area contributed by atoms with Gasteiger partial charge in [0.25, 0.3) is 0 Å². The second-order valence-corrected chi connectivity index (χ2v) is 13.7. The second-order valence-electron chi connectivity index (χ2n) is 12.2. The van der Waals surface area contributed by atoms with Crippen molar-refractivity contribution < 1.29 is 47.8 Å². The Morgan fingerprint density at radius 2 is 0.778 bits per heavy atom. The lowest BCUT2D eigenvalue weighted by atomic mass is 10.1. The van der Waals surface area contributed by atoms with Crippen LogP contribution >= 0.6 is 7.82 Å². The van der Waals surface area contributed by atoms with E-state index in [9.17, 15) is 29.3 Å². The second kappa shape index (κ2) is 31.6. The summed E-state index contributed by atoms with van der Waals surface area (Å²) in [6.45, 7) is 2.18. The minimum atomic E-state index is -4.61. The quantitative estimate of drug-likeness (QED) is 0.0348. The van der Waals surface area contributed by atoms with Gasteiger partial charge in [-0.1, -0.05) is 142 Å². The molecule has 268 valence electrons. The molecule has 0 fully saturated rings. The summed E-state index contributed by atoms with van der Waals surface area (Å²) in [5, 5.41) is 19.0. The number of carbonyl (C=O) groups excluding carboxylic acids is 2. The Hall–Kier alpha value is -1.03. The van der Waals surface area contributed by atoms with Crippen LogP contribution in [0, 0.1) is 0 Å². The molecule has 0 aliphatic rings. The van der Waals surface area contributed by atoms with Gasteiger partial charge in [-0.3, -0.25) is 18.6 Å². The van der Waals surface area contributed by atoms with Crippen molar-refractivity contribution in [2.45, 2.75) is 180 Å². The number of aliphatic hydroxyl groups excluding tert-OH is 2. The molecule has 0 aromatic rings. The van der Waals surface area contributed by atoms with E-state index in [1.807, 2.05) is 0 Å². The lowest BCUT2D eigenvalue weighted by molar-refractivity contribution is -0.153. The monoisotopic (exact) mass is 666 g/mol. The summed E-state index contributed by atoms with van der Waals surface area (Å²) in [5.41, 5.74) is 0. The molecule has 10 nitrogen and oxygen atoms in total. The fourth-order valence-corrected chi connectivity index (χ4v) is 5.78. The largest absolute Gasteiger partial charge is 0.472 e. The van der Waals surface area contributed by atoms with Gasteiger partial charge in [-0.2, -0.15) is 0 Å². The molecular formula is C34H67O10P. The topological polar surface area (TPSA) is 149 Å². The molecule has 2 atom stereocenters. The number of aliphatic hydroxyl groups is 2. The van der Waals surface area contributed by atoms with Gasteiger partial charge in [-0.25, -0.2) is 4.57 Å². The van der Waals surface area contributed by atoms with Gasteiger partial charge in [0, 0.05) is 12.8 Å². The van der Waals surface area contributed by atoms with Crippen LogP contribution in [0.4, 0.5) is 0 Å². The molecule has 0 rings (SSSR count). The zero-order chi connectivity index (χ0) is 33.4. The molecule has 45 heavy (non-hydrogen) atoms. The first kappa shape index (κ1) is 44.0. The average Bonchev–Trinajstić information content (AvgIpc) is 3.02. The molecule has 0 aromatic heterocycles. The Labute approximate surface area is 273 Å². The highest BCUT2D eigenvalue weighted by molar-refractivity contribution is 7.47. The van der Waals surface area contributed by atoms with Crippen molar-refractivity contribution in [2.75, 3.05) is 26.4 Å². The number of rotatable bonds is 34. The van der Waals surface area contributed by atoms with E-state index in [0.29, 0.717) is 12.8 Å². The van der Waals surface area contributed by atoms with E-state index >= 15 is 0 Å². The van der Waals surface area contributed by atoms with E-state index < -0.39 is 58.4 Å². The van der Waals surface area contributed by atoms with Crippen molar-refractivity contribution in [3.8, 4) is 0 Å². The number of phosphoric acid groups is 1. The van der Waals surface area contributed by atoms with Crippen molar-refractivity contribution in [2.24, 2.45) is 0 Å². The smallest absolute Gasteiger partial charge is 0.457 e. The SMILES string of the molecule is CCCCCCCCCCCCCC(=O)OC(CO)COP(=O)(O)OCC(CO)OC(=O)CCCCCCCCCCCCC. The van der Waals surface area contributed by atoms with Crippen molar-refractivity contribution in [3.05, 3.63) is 0 Å². The van der Waals surface area contributed by atoms with Crippen molar-refractivity contribution in [1.82, 2.24) is 0 Å². The van der Waals surface area contributed by atoms with E-state index in [-0.39, 0.29) is 12.8 Å². The molecule has 0 bridgehead atoms. The van der Waals surface area contributed by atoms with Gasteiger partial charge >= 0.3 is 19.8 Å². The van der Waals surface area contributed by atoms with E-state index in [1.54, 1.807) is 0 Å². The van der Waals surface area contributed by atoms with Gasteiger partial charge in [0.2, 0.25) is 0 Å². The molecule has 0 spiro atoms. The Balaban J connectivity index is 4.00. The number of esters is 2. The number of carbonyl (C=O) groups is 2. The third kappa shape index (κ3) is 30.1. The van der Waals surface area contributed by atoms with Gasteiger partial charge in [-0.15, -0.1) is 0 Å². The minimum absolute atomic E-state index is 0.198. The van der Waals surface area contributed by atoms with Gasteiger partial charge < -0.3 is 24.6 Å². The van der Waals surface area contributed by atoms with E-state index in [1.165, 1.54) is 89.9 Å². The van der Waals surface area contributed by atoms with Crippen molar-refractivity contribution in [3.63, 3.8) is 0 Å². The third-order valence-electron chi connectivity index (χ3n) is 7.82. The van der Waals surface area contributed by atoms with Crippen LogP contribution in [0.5, 0.6) is 0 Å². The van der Waals surface area contributed by atoms with Crippen LogP contribution in [0.2, 0.25) is 0 Å². The van der Waals surface area contributed by atoms with Crippen LogP contribution in [-0.4, -0.2) is 65.7 Å². The predicted octanol–water partition coefficient (Wildman–Crippen LogP) is 8.33. The summed E-state index contributed by atoms with van der Waals surface area (Å²) in [5.74, 6) is -1.01. The first-order valence-electron chi connectivity index (χ1n) is 18.0. The summed E-state index contributed by atoms with van der Waals surface area (Å²) < 4.78 is 32.3. The molecule has 0 aliphatic carbocycles. The highest BCUT2D eigenvalue weighted by Crippen LogP contribution is 2.43. The van der Waals surface area contributed by atoms with Crippen LogP contribution < -0.4 is 0 Å². The molecule has 0 heterocycles. The molecule has 0 radical (unpaired) electrons. The Morgan fingerprint density at radius 3 is 1.04 bits per heavy atom. The molecule has 3 N–H and O–H groups in total. The number of hydrogen-bond donors (Lipinski definition) is 3. The number of hydrogen-bond acceptors (Lipinski definition) is 9. The van der Waals surface area contributed by atoms with Crippen LogP contribution in [0.3, 0.4) is 0 Å². The normalized spacial score (nSPS) is 14.2. The summed E-state index contributed by atoms with van der Waals surface area (Å²) >= 11 is 0. The summed E-state index contributed by atoms with van der Waals surface area (Å²) in [6.07, 6.45) is 23.7.